The van der Waals surface area contributed by atoms with Gasteiger partial charge >= 0.3 is 0 Å². The third kappa shape index (κ3) is 4.75. The minimum atomic E-state index is 0.177. The summed E-state index contributed by atoms with van der Waals surface area (Å²) in [5.41, 5.74) is 2.75. The normalized spacial score (nSPS) is 15.7. The molecule has 2 aromatic carbocycles. The first-order valence-corrected chi connectivity index (χ1v) is 11.9. The summed E-state index contributed by atoms with van der Waals surface area (Å²) in [6.07, 6.45) is 5.60. The average Bonchev–Trinajstić information content (AvgIpc) is 3.57. The number of benzene rings is 2. The topological polar surface area (TPSA) is 56.6 Å². The second-order valence-corrected chi connectivity index (χ2v) is 9.19. The fourth-order valence-corrected chi connectivity index (χ4v) is 4.29. The number of amides is 1. The molecule has 1 heterocycles. The number of ether oxygens (including phenoxy) is 2. The molecule has 1 amide bonds. The molecule has 0 atom stereocenters. The van der Waals surface area contributed by atoms with Gasteiger partial charge in [-0.1, -0.05) is 30.7 Å². The number of aryl methyl sites for hydroxylation is 1. The van der Waals surface area contributed by atoms with Crippen LogP contribution in [0.15, 0.2) is 54.6 Å². The number of hydrogen-bond donors (Lipinski definition) is 0. The maximum absolute atomic E-state index is 13.3. The Balaban J connectivity index is 1.52. The summed E-state index contributed by atoms with van der Waals surface area (Å²) in [6.45, 7) is 3.34. The third-order valence-electron chi connectivity index (χ3n) is 6.68. The third-order valence-corrected chi connectivity index (χ3v) is 6.68. The molecule has 3 aromatic rings. The highest BCUT2D eigenvalue weighted by Crippen LogP contribution is 2.37. The largest absolute Gasteiger partial charge is 0.497 e. The van der Waals surface area contributed by atoms with E-state index in [1.165, 1.54) is 12.8 Å². The van der Waals surface area contributed by atoms with Crippen molar-refractivity contribution in [2.45, 2.75) is 45.6 Å². The van der Waals surface area contributed by atoms with Gasteiger partial charge in [-0.2, -0.15) is 5.10 Å². The molecule has 6 nitrogen and oxygen atoms in total. The monoisotopic (exact) mass is 445 g/mol. The van der Waals surface area contributed by atoms with E-state index in [0.717, 1.165) is 48.5 Å². The van der Waals surface area contributed by atoms with Crippen molar-refractivity contribution in [3.63, 3.8) is 0 Å². The average molecular weight is 446 g/mol. The molecular weight excluding hydrogens is 414 g/mol. The summed E-state index contributed by atoms with van der Waals surface area (Å²) in [6, 6.07) is 17.5. The second kappa shape index (κ2) is 9.30. The molecule has 0 unspecified atom stereocenters. The first kappa shape index (κ1) is 21.6. The van der Waals surface area contributed by atoms with Gasteiger partial charge < -0.3 is 14.4 Å². The van der Waals surface area contributed by atoms with Gasteiger partial charge in [0.05, 0.1) is 30.6 Å². The van der Waals surface area contributed by atoms with Crippen LogP contribution in [0.3, 0.4) is 0 Å². The summed E-state index contributed by atoms with van der Waals surface area (Å²) in [4.78, 5) is 15.3. The van der Waals surface area contributed by atoms with Crippen LogP contribution in [0.5, 0.6) is 17.4 Å². The van der Waals surface area contributed by atoms with Crippen molar-refractivity contribution in [1.29, 1.82) is 0 Å². The number of rotatable bonds is 9. The summed E-state index contributed by atoms with van der Waals surface area (Å²) in [7, 11) is 1.64. The molecule has 2 aliphatic carbocycles. The minimum Gasteiger partial charge on any atom is -0.497 e. The van der Waals surface area contributed by atoms with Crippen molar-refractivity contribution < 1.29 is 14.3 Å². The number of aromatic nitrogens is 2. The highest BCUT2D eigenvalue weighted by Gasteiger charge is 2.34. The van der Waals surface area contributed by atoms with Crippen molar-refractivity contribution >= 4 is 5.91 Å². The maximum atomic E-state index is 13.3. The van der Waals surface area contributed by atoms with Crippen LogP contribution in [0.25, 0.3) is 5.69 Å². The quantitative estimate of drug-likeness (QED) is 0.435. The molecule has 0 saturated heterocycles. The summed E-state index contributed by atoms with van der Waals surface area (Å²) < 4.78 is 13.7. The highest BCUT2D eigenvalue weighted by atomic mass is 16.5. The second-order valence-electron chi connectivity index (χ2n) is 9.19. The van der Waals surface area contributed by atoms with Crippen molar-refractivity contribution in [3.05, 3.63) is 65.9 Å². The maximum Gasteiger partial charge on any atom is 0.227 e. The van der Waals surface area contributed by atoms with Crippen molar-refractivity contribution in [1.82, 2.24) is 14.7 Å². The zero-order valence-corrected chi connectivity index (χ0v) is 19.4. The van der Waals surface area contributed by atoms with Gasteiger partial charge in [-0.3, -0.25) is 4.79 Å². The lowest BCUT2D eigenvalue weighted by atomic mass is 9.84. The van der Waals surface area contributed by atoms with E-state index in [-0.39, 0.29) is 11.8 Å². The first-order valence-electron chi connectivity index (χ1n) is 11.9. The summed E-state index contributed by atoms with van der Waals surface area (Å²) >= 11 is 0. The summed E-state index contributed by atoms with van der Waals surface area (Å²) in [5, 5.41) is 4.83. The van der Waals surface area contributed by atoms with Crippen LogP contribution >= 0.6 is 0 Å². The van der Waals surface area contributed by atoms with Crippen LogP contribution < -0.4 is 9.47 Å². The molecule has 33 heavy (non-hydrogen) atoms. The van der Waals surface area contributed by atoms with E-state index < -0.39 is 0 Å². The Bertz CT molecular complexity index is 1120. The summed E-state index contributed by atoms with van der Waals surface area (Å²) in [5.74, 6) is 3.14. The van der Waals surface area contributed by atoms with E-state index in [1.807, 2.05) is 66.2 Å². The minimum absolute atomic E-state index is 0.177. The Morgan fingerprint density at radius 1 is 1.06 bits per heavy atom. The molecule has 2 aliphatic rings. The van der Waals surface area contributed by atoms with E-state index in [2.05, 4.69) is 4.90 Å². The Morgan fingerprint density at radius 2 is 1.82 bits per heavy atom. The van der Waals surface area contributed by atoms with Gasteiger partial charge in [0.1, 0.15) is 11.5 Å². The Hall–Kier alpha value is -3.28. The molecular formula is C27H31N3O3. The van der Waals surface area contributed by atoms with Gasteiger partial charge in [0, 0.05) is 18.5 Å². The van der Waals surface area contributed by atoms with Crippen LogP contribution in [0.1, 0.15) is 43.4 Å². The van der Waals surface area contributed by atoms with E-state index in [9.17, 15) is 4.79 Å². The lowest BCUT2D eigenvalue weighted by Crippen LogP contribution is -2.39. The SMILES string of the molecule is COc1cccc(Oc2c(CN(CC3CC3)C(=O)C3CCC3)c(C)nn2-c2ccccc2)c1. The first-order chi connectivity index (χ1) is 16.1. The van der Waals surface area contributed by atoms with Gasteiger partial charge in [0.2, 0.25) is 11.8 Å². The molecule has 1 aromatic heterocycles. The molecule has 0 N–H and O–H groups in total. The van der Waals surface area contributed by atoms with E-state index in [0.29, 0.717) is 24.1 Å². The molecule has 6 heteroatoms. The number of methoxy groups -OCH3 is 1. The Kier molecular flexibility index (Phi) is 6.07. The smallest absolute Gasteiger partial charge is 0.227 e. The fourth-order valence-electron chi connectivity index (χ4n) is 4.29. The number of para-hydroxylation sites is 1. The van der Waals surface area contributed by atoms with Gasteiger partial charge in [0.25, 0.3) is 0 Å². The zero-order valence-electron chi connectivity index (χ0n) is 19.4. The van der Waals surface area contributed by atoms with Crippen molar-refractivity contribution in [2.75, 3.05) is 13.7 Å². The molecule has 0 bridgehead atoms. The lowest BCUT2D eigenvalue weighted by Gasteiger charge is -2.32. The fraction of sp³-hybridized carbons (Fsp3) is 0.407. The molecule has 0 aliphatic heterocycles. The number of nitrogens with zero attached hydrogens (tertiary/aromatic N) is 3. The number of carbonyl (C=O) groups excluding carboxylic acids is 1. The molecule has 0 spiro atoms. The number of carbonyl (C=O) groups is 1. The van der Waals surface area contributed by atoms with Crippen molar-refractivity contribution in [2.24, 2.45) is 11.8 Å². The molecule has 172 valence electrons. The zero-order chi connectivity index (χ0) is 22.8. The van der Waals surface area contributed by atoms with Crippen LogP contribution in [0.2, 0.25) is 0 Å². The van der Waals surface area contributed by atoms with Crippen LogP contribution in [0, 0.1) is 18.8 Å². The van der Waals surface area contributed by atoms with Crippen LogP contribution in [0.4, 0.5) is 0 Å². The predicted octanol–water partition coefficient (Wildman–Crippen LogP) is 5.52. The van der Waals surface area contributed by atoms with E-state index in [1.54, 1.807) is 7.11 Å². The predicted molar refractivity (Wildman–Crippen MR) is 127 cm³/mol. The van der Waals surface area contributed by atoms with Gasteiger partial charge in [0.15, 0.2) is 0 Å². The van der Waals surface area contributed by atoms with Gasteiger partial charge in [-0.25, -0.2) is 4.68 Å². The molecule has 2 fully saturated rings. The van der Waals surface area contributed by atoms with E-state index >= 15 is 0 Å². The van der Waals surface area contributed by atoms with Gasteiger partial charge in [-0.15, -0.1) is 0 Å². The molecule has 5 rings (SSSR count). The highest BCUT2D eigenvalue weighted by molar-refractivity contribution is 5.79. The Morgan fingerprint density at radius 3 is 2.48 bits per heavy atom. The Labute approximate surface area is 195 Å². The van der Waals surface area contributed by atoms with Gasteiger partial charge in [-0.05, 0) is 62.8 Å². The van der Waals surface area contributed by atoms with Crippen molar-refractivity contribution in [3.8, 4) is 23.1 Å². The number of hydrogen-bond acceptors (Lipinski definition) is 4. The lowest BCUT2D eigenvalue weighted by molar-refractivity contribution is -0.139. The van der Waals surface area contributed by atoms with Crippen LogP contribution in [-0.2, 0) is 11.3 Å². The molecule has 2 saturated carbocycles. The standard InChI is InChI=1S/C27H31N3O3/c1-19-25(18-29(17-20-14-15-20)26(31)21-8-6-9-21)27(30(28-19)22-10-4-3-5-11-22)33-24-13-7-12-23(16-24)32-2/h3-5,7,10-13,16,20-21H,6,8-9,14-15,17-18H2,1-2H3. The van der Waals surface area contributed by atoms with Crippen LogP contribution in [-0.4, -0.2) is 34.2 Å². The van der Waals surface area contributed by atoms with E-state index in [4.69, 9.17) is 14.6 Å². The molecule has 0 radical (unpaired) electrons.